The molecule has 1 aliphatic heterocycles. The molecule has 0 radical (unpaired) electrons. The van der Waals surface area contributed by atoms with E-state index in [1.54, 1.807) is 6.33 Å². The molecule has 6 nitrogen and oxygen atoms in total. The Hall–Kier alpha value is -1.59. The highest BCUT2D eigenvalue weighted by molar-refractivity contribution is 5.74. The molecule has 1 fully saturated rings. The summed E-state index contributed by atoms with van der Waals surface area (Å²) in [4.78, 5) is 13.9. The molecule has 0 aromatic carbocycles. The molecule has 0 atom stereocenters. The van der Waals surface area contributed by atoms with E-state index >= 15 is 0 Å². The molecule has 1 aromatic rings. The van der Waals surface area contributed by atoms with E-state index < -0.39 is 0 Å². The second-order valence-electron chi connectivity index (χ2n) is 4.59. The second-order valence-corrected chi connectivity index (χ2v) is 4.59. The summed E-state index contributed by atoms with van der Waals surface area (Å²) in [6.07, 6.45) is 6.37. The number of aromatic nitrogens is 3. The Labute approximate surface area is 107 Å². The van der Waals surface area contributed by atoms with E-state index in [0.29, 0.717) is 6.54 Å². The fraction of sp³-hybridized carbons (Fsp3) is 0.750. The smallest absolute Gasteiger partial charge is 0.317 e. The minimum atomic E-state index is 0.0163. The van der Waals surface area contributed by atoms with Crippen LogP contribution in [-0.4, -0.2) is 38.8 Å². The van der Waals surface area contributed by atoms with Gasteiger partial charge in [-0.25, -0.2) is 4.79 Å². The molecule has 0 saturated carbocycles. The van der Waals surface area contributed by atoms with Gasteiger partial charge in [-0.2, -0.15) is 0 Å². The van der Waals surface area contributed by atoms with Crippen LogP contribution in [0.25, 0.3) is 0 Å². The maximum Gasteiger partial charge on any atom is 0.317 e. The summed E-state index contributed by atoms with van der Waals surface area (Å²) in [6.45, 7) is 5.03. The zero-order valence-electron chi connectivity index (χ0n) is 10.9. The van der Waals surface area contributed by atoms with Crippen molar-refractivity contribution in [3.05, 3.63) is 12.2 Å². The zero-order chi connectivity index (χ0) is 12.8. The van der Waals surface area contributed by atoms with Crippen LogP contribution in [-0.2, 0) is 13.1 Å². The van der Waals surface area contributed by atoms with Gasteiger partial charge in [0.1, 0.15) is 6.33 Å². The summed E-state index contributed by atoms with van der Waals surface area (Å²) >= 11 is 0. The van der Waals surface area contributed by atoms with Gasteiger partial charge in [0.15, 0.2) is 5.82 Å². The molecule has 1 N–H and O–H groups in total. The van der Waals surface area contributed by atoms with E-state index in [9.17, 15) is 4.79 Å². The van der Waals surface area contributed by atoms with E-state index in [4.69, 9.17) is 0 Å². The van der Waals surface area contributed by atoms with E-state index in [2.05, 4.69) is 15.5 Å². The average molecular weight is 251 g/mol. The number of hydrogen-bond acceptors (Lipinski definition) is 3. The van der Waals surface area contributed by atoms with Crippen LogP contribution in [0.15, 0.2) is 6.33 Å². The van der Waals surface area contributed by atoms with Gasteiger partial charge in [-0.1, -0.05) is 12.8 Å². The van der Waals surface area contributed by atoms with Crippen LogP contribution in [0.4, 0.5) is 4.79 Å². The van der Waals surface area contributed by atoms with Gasteiger partial charge in [-0.15, -0.1) is 10.2 Å². The molecule has 100 valence electrons. The van der Waals surface area contributed by atoms with Gasteiger partial charge in [0, 0.05) is 19.6 Å². The summed E-state index contributed by atoms with van der Waals surface area (Å²) in [5, 5.41) is 10.8. The number of urea groups is 1. The van der Waals surface area contributed by atoms with Gasteiger partial charge in [0.25, 0.3) is 0 Å². The first-order valence-corrected chi connectivity index (χ1v) is 6.70. The highest BCUT2D eigenvalue weighted by Crippen LogP contribution is 2.09. The monoisotopic (exact) mass is 251 g/mol. The number of carbonyl (C=O) groups excluding carboxylic acids is 1. The van der Waals surface area contributed by atoms with Crippen molar-refractivity contribution in [2.75, 3.05) is 13.1 Å². The summed E-state index contributed by atoms with van der Waals surface area (Å²) in [7, 11) is 0. The number of nitrogens with zero attached hydrogens (tertiary/aromatic N) is 4. The molecule has 1 saturated heterocycles. The molecular formula is C12H21N5O. The molecule has 0 bridgehead atoms. The summed E-state index contributed by atoms with van der Waals surface area (Å²) in [6, 6.07) is 0.0163. The van der Waals surface area contributed by atoms with Crippen LogP contribution < -0.4 is 5.32 Å². The largest absolute Gasteiger partial charge is 0.331 e. The summed E-state index contributed by atoms with van der Waals surface area (Å²) in [5.41, 5.74) is 0. The Morgan fingerprint density at radius 1 is 1.33 bits per heavy atom. The quantitative estimate of drug-likeness (QED) is 0.882. The Balaban J connectivity index is 1.83. The predicted molar refractivity (Wildman–Crippen MR) is 68.0 cm³/mol. The minimum absolute atomic E-state index is 0.0163. The van der Waals surface area contributed by atoms with Crippen LogP contribution in [0.2, 0.25) is 0 Å². The number of rotatable bonds is 3. The molecule has 2 amide bonds. The molecule has 0 aliphatic carbocycles. The van der Waals surface area contributed by atoms with E-state index in [1.165, 1.54) is 12.8 Å². The van der Waals surface area contributed by atoms with Gasteiger partial charge in [-0.3, -0.25) is 0 Å². The zero-order valence-corrected chi connectivity index (χ0v) is 10.9. The van der Waals surface area contributed by atoms with Crippen LogP contribution in [0.5, 0.6) is 0 Å². The van der Waals surface area contributed by atoms with Crippen LogP contribution >= 0.6 is 0 Å². The third kappa shape index (κ3) is 3.21. The lowest BCUT2D eigenvalue weighted by Crippen LogP contribution is -2.40. The molecule has 0 unspecified atom stereocenters. The van der Waals surface area contributed by atoms with Crippen LogP contribution in [0, 0.1) is 0 Å². The fourth-order valence-electron chi connectivity index (χ4n) is 2.22. The van der Waals surface area contributed by atoms with Gasteiger partial charge in [0.05, 0.1) is 6.54 Å². The number of likely N-dealkylation sites (tertiary alicyclic amines) is 1. The van der Waals surface area contributed by atoms with Crippen molar-refractivity contribution in [3.63, 3.8) is 0 Å². The molecule has 2 rings (SSSR count). The van der Waals surface area contributed by atoms with Crippen molar-refractivity contribution in [2.24, 2.45) is 0 Å². The first kappa shape index (κ1) is 12.9. The topological polar surface area (TPSA) is 63.1 Å². The number of nitrogens with one attached hydrogen (secondary N) is 1. The number of aryl methyl sites for hydroxylation is 1. The lowest BCUT2D eigenvalue weighted by atomic mass is 10.2. The fourth-order valence-corrected chi connectivity index (χ4v) is 2.22. The third-order valence-electron chi connectivity index (χ3n) is 3.33. The summed E-state index contributed by atoms with van der Waals surface area (Å²) in [5.74, 6) is 0.806. The van der Waals surface area contributed by atoms with Crippen LogP contribution in [0.1, 0.15) is 38.4 Å². The Morgan fingerprint density at radius 2 is 2.06 bits per heavy atom. The van der Waals surface area contributed by atoms with Crippen molar-refractivity contribution >= 4 is 6.03 Å². The maximum atomic E-state index is 12.0. The SMILES string of the molecule is CCn1cnnc1CNC(=O)N1CCCCCC1. The number of hydrogen-bond donors (Lipinski definition) is 1. The van der Waals surface area contributed by atoms with E-state index in [-0.39, 0.29) is 6.03 Å². The predicted octanol–water partition coefficient (Wildman–Crippen LogP) is 1.38. The van der Waals surface area contributed by atoms with Gasteiger partial charge in [-0.05, 0) is 19.8 Å². The van der Waals surface area contributed by atoms with Crippen molar-refractivity contribution < 1.29 is 4.79 Å². The van der Waals surface area contributed by atoms with E-state index in [0.717, 1.165) is 38.3 Å². The van der Waals surface area contributed by atoms with Crippen molar-refractivity contribution in [2.45, 2.75) is 45.7 Å². The molecule has 1 aromatic heterocycles. The molecule has 2 heterocycles. The first-order valence-electron chi connectivity index (χ1n) is 6.70. The summed E-state index contributed by atoms with van der Waals surface area (Å²) < 4.78 is 1.93. The molecule has 6 heteroatoms. The Bertz CT molecular complexity index is 382. The van der Waals surface area contributed by atoms with Gasteiger partial charge in [0.2, 0.25) is 0 Å². The Kier molecular flexibility index (Phi) is 4.55. The van der Waals surface area contributed by atoms with Crippen molar-refractivity contribution in [1.82, 2.24) is 25.0 Å². The van der Waals surface area contributed by atoms with Gasteiger partial charge >= 0.3 is 6.03 Å². The molecule has 18 heavy (non-hydrogen) atoms. The average Bonchev–Trinajstić information content (AvgIpc) is 2.67. The highest BCUT2D eigenvalue weighted by atomic mass is 16.2. The number of amides is 2. The molecule has 1 aliphatic rings. The lowest BCUT2D eigenvalue weighted by molar-refractivity contribution is 0.199. The Morgan fingerprint density at radius 3 is 2.72 bits per heavy atom. The minimum Gasteiger partial charge on any atom is -0.331 e. The first-order chi connectivity index (χ1) is 8.81. The highest BCUT2D eigenvalue weighted by Gasteiger charge is 2.15. The third-order valence-corrected chi connectivity index (χ3v) is 3.33. The second kappa shape index (κ2) is 6.37. The lowest BCUT2D eigenvalue weighted by Gasteiger charge is -2.20. The van der Waals surface area contributed by atoms with E-state index in [1.807, 2.05) is 16.4 Å². The molecular weight excluding hydrogens is 230 g/mol. The number of carbonyl (C=O) groups is 1. The van der Waals surface area contributed by atoms with Crippen molar-refractivity contribution in [3.8, 4) is 0 Å². The van der Waals surface area contributed by atoms with Gasteiger partial charge < -0.3 is 14.8 Å². The maximum absolute atomic E-state index is 12.0. The normalized spacial score (nSPS) is 16.4. The van der Waals surface area contributed by atoms with Crippen molar-refractivity contribution in [1.29, 1.82) is 0 Å². The van der Waals surface area contributed by atoms with Crippen LogP contribution in [0.3, 0.4) is 0 Å². The molecule has 0 spiro atoms. The standard InChI is InChI=1S/C12H21N5O/c1-2-16-10-14-15-11(16)9-13-12(18)17-7-5-3-4-6-8-17/h10H,2-9H2,1H3,(H,13,18).